The van der Waals surface area contributed by atoms with Gasteiger partial charge in [-0.2, -0.15) is 0 Å². The van der Waals surface area contributed by atoms with Crippen LogP contribution in [0.15, 0.2) is 64.5 Å². The molecule has 6 nitrogen and oxygen atoms in total. The molecule has 0 bridgehead atoms. The molecule has 0 radical (unpaired) electrons. The molecule has 0 aliphatic heterocycles. The van der Waals surface area contributed by atoms with E-state index in [2.05, 4.69) is 39.0 Å². The molecule has 0 spiro atoms. The molecule has 0 atom stereocenters. The van der Waals surface area contributed by atoms with Gasteiger partial charge < -0.3 is 4.57 Å². The van der Waals surface area contributed by atoms with Gasteiger partial charge in [-0.05, 0) is 43.4 Å². The number of fused-ring (bicyclic) bond motifs is 1. The fourth-order valence-corrected chi connectivity index (χ4v) is 6.51. The summed E-state index contributed by atoms with van der Waals surface area (Å²) in [6.07, 6.45) is 6.23. The highest BCUT2D eigenvalue weighted by molar-refractivity contribution is 7.99. The number of thiazole rings is 1. The second kappa shape index (κ2) is 10.7. The first-order chi connectivity index (χ1) is 16.7. The molecule has 2 aromatic carbocycles. The van der Waals surface area contributed by atoms with Crippen LogP contribution in [-0.4, -0.2) is 30.9 Å². The third kappa shape index (κ3) is 5.18. The van der Waals surface area contributed by atoms with Crippen LogP contribution in [0.25, 0.3) is 10.2 Å². The van der Waals surface area contributed by atoms with E-state index >= 15 is 0 Å². The van der Waals surface area contributed by atoms with Gasteiger partial charge in [0.25, 0.3) is 0 Å². The van der Waals surface area contributed by atoms with Gasteiger partial charge in [-0.15, -0.1) is 10.2 Å². The van der Waals surface area contributed by atoms with Gasteiger partial charge in [-0.25, -0.2) is 0 Å². The van der Waals surface area contributed by atoms with Crippen LogP contribution < -0.4 is 4.87 Å². The molecule has 176 valence electrons. The van der Waals surface area contributed by atoms with Crippen LogP contribution in [-0.2, 0) is 24.3 Å². The largest absolute Gasteiger partial charge is 0.308 e. The Labute approximate surface area is 207 Å². The smallest absolute Gasteiger partial charge is 0.304 e. The predicted octanol–water partition coefficient (Wildman–Crippen LogP) is 5.19. The predicted molar refractivity (Wildman–Crippen MR) is 138 cm³/mol. The molecule has 0 N–H and O–H groups in total. The summed E-state index contributed by atoms with van der Waals surface area (Å²) >= 11 is 2.74. The van der Waals surface area contributed by atoms with Crippen molar-refractivity contribution in [1.82, 2.24) is 19.3 Å². The lowest BCUT2D eigenvalue weighted by Crippen LogP contribution is -2.18. The molecule has 1 saturated carbocycles. The van der Waals surface area contributed by atoms with Crippen LogP contribution >= 0.6 is 23.1 Å². The number of aromatic nitrogens is 4. The van der Waals surface area contributed by atoms with Gasteiger partial charge in [-0.1, -0.05) is 78.4 Å². The topological polar surface area (TPSA) is 69.8 Å². The van der Waals surface area contributed by atoms with Gasteiger partial charge in [0.05, 0.1) is 22.5 Å². The molecule has 1 aliphatic carbocycles. The van der Waals surface area contributed by atoms with Crippen LogP contribution in [0.1, 0.15) is 43.5 Å². The standard InChI is InChI=1S/C26H28N4O2S2/c31-22(20-12-4-5-13-20)18-33-25-28-27-24(29(25)16-8-11-19-9-2-1-3-10-19)17-30-21-14-6-7-15-23(21)34-26(30)32/h1-3,6-7,9-10,14-15,20H,4-5,8,11-13,16-18H2. The Hall–Kier alpha value is -2.71. The number of rotatable bonds is 10. The molecule has 0 amide bonds. The zero-order chi connectivity index (χ0) is 23.3. The van der Waals surface area contributed by atoms with E-state index in [-0.39, 0.29) is 10.8 Å². The fraction of sp³-hybridized carbons (Fsp3) is 0.385. The maximum Gasteiger partial charge on any atom is 0.308 e. The number of thioether (sulfide) groups is 1. The molecular formula is C26H28N4O2S2. The first kappa shape index (κ1) is 23.1. The SMILES string of the molecule is O=C(CSc1nnc(Cn2c(=O)sc3ccccc32)n1CCCc1ccccc1)C1CCCC1. The summed E-state index contributed by atoms with van der Waals surface area (Å²) < 4.78 is 4.85. The number of carbonyl (C=O) groups excluding carboxylic acids is 1. The lowest BCUT2D eigenvalue weighted by Gasteiger charge is -2.12. The molecular weight excluding hydrogens is 464 g/mol. The highest BCUT2D eigenvalue weighted by atomic mass is 32.2. The maximum absolute atomic E-state index is 12.7. The number of para-hydroxylation sites is 1. The van der Waals surface area contributed by atoms with Gasteiger partial charge in [0.15, 0.2) is 11.0 Å². The third-order valence-electron chi connectivity index (χ3n) is 6.51. The lowest BCUT2D eigenvalue weighted by molar-refractivity contribution is -0.120. The number of ketones is 1. The summed E-state index contributed by atoms with van der Waals surface area (Å²) in [6.45, 7) is 1.12. The van der Waals surface area contributed by atoms with Crippen molar-refractivity contribution in [3.8, 4) is 0 Å². The zero-order valence-electron chi connectivity index (χ0n) is 19.1. The quantitative estimate of drug-likeness (QED) is 0.285. The van der Waals surface area contributed by atoms with Crippen LogP contribution in [0.5, 0.6) is 0 Å². The molecule has 2 heterocycles. The van der Waals surface area contributed by atoms with E-state index in [0.717, 1.165) is 66.3 Å². The molecule has 0 saturated heterocycles. The van der Waals surface area contributed by atoms with E-state index in [9.17, 15) is 9.59 Å². The van der Waals surface area contributed by atoms with E-state index in [1.54, 1.807) is 4.57 Å². The van der Waals surface area contributed by atoms with Crippen molar-refractivity contribution in [3.63, 3.8) is 0 Å². The maximum atomic E-state index is 12.7. The van der Waals surface area contributed by atoms with Crippen molar-refractivity contribution >= 4 is 39.1 Å². The average Bonchev–Trinajstić information content (AvgIpc) is 3.59. The van der Waals surface area contributed by atoms with E-state index < -0.39 is 0 Å². The summed E-state index contributed by atoms with van der Waals surface area (Å²) in [7, 11) is 0. The van der Waals surface area contributed by atoms with Gasteiger partial charge >= 0.3 is 4.87 Å². The van der Waals surface area contributed by atoms with E-state index in [0.29, 0.717) is 18.1 Å². The number of aryl methyl sites for hydroxylation is 1. The van der Waals surface area contributed by atoms with Gasteiger partial charge in [0, 0.05) is 12.5 Å². The van der Waals surface area contributed by atoms with Crippen molar-refractivity contribution in [2.75, 3.05) is 5.75 Å². The molecule has 1 fully saturated rings. The molecule has 2 aromatic heterocycles. The summed E-state index contributed by atoms with van der Waals surface area (Å²) in [4.78, 5) is 25.4. The Kier molecular flexibility index (Phi) is 7.25. The van der Waals surface area contributed by atoms with Crippen molar-refractivity contribution < 1.29 is 4.79 Å². The minimum atomic E-state index is 0.00523. The third-order valence-corrected chi connectivity index (χ3v) is 8.46. The van der Waals surface area contributed by atoms with Crippen molar-refractivity contribution in [1.29, 1.82) is 0 Å². The Bertz CT molecular complexity index is 1320. The molecule has 0 unspecified atom stereocenters. The molecule has 8 heteroatoms. The monoisotopic (exact) mass is 492 g/mol. The second-order valence-corrected chi connectivity index (χ2v) is 10.7. The number of Topliss-reactive ketones (excluding diaryl/α,β-unsaturated/α-hetero) is 1. The lowest BCUT2D eigenvalue weighted by atomic mass is 10.0. The number of hydrogen-bond acceptors (Lipinski definition) is 6. The van der Waals surface area contributed by atoms with E-state index in [1.807, 2.05) is 30.3 Å². The Morgan fingerprint density at radius 3 is 2.59 bits per heavy atom. The van der Waals surface area contributed by atoms with Gasteiger partial charge in [0.2, 0.25) is 0 Å². The summed E-state index contributed by atoms with van der Waals surface area (Å²) in [5, 5.41) is 9.67. The second-order valence-electron chi connectivity index (χ2n) is 8.80. The first-order valence-electron chi connectivity index (χ1n) is 11.9. The van der Waals surface area contributed by atoms with Crippen LogP contribution in [0.3, 0.4) is 0 Å². The molecule has 5 rings (SSSR count). The normalized spacial score (nSPS) is 14.2. The van der Waals surface area contributed by atoms with E-state index in [4.69, 9.17) is 0 Å². The minimum Gasteiger partial charge on any atom is -0.304 e. The van der Waals surface area contributed by atoms with Crippen LogP contribution in [0.2, 0.25) is 0 Å². The number of benzene rings is 2. The Morgan fingerprint density at radius 2 is 1.76 bits per heavy atom. The highest BCUT2D eigenvalue weighted by Gasteiger charge is 2.24. The average molecular weight is 493 g/mol. The number of nitrogens with zero attached hydrogens (tertiary/aromatic N) is 4. The van der Waals surface area contributed by atoms with Crippen molar-refractivity contribution in [3.05, 3.63) is 75.7 Å². The summed E-state index contributed by atoms with van der Waals surface area (Å²) in [5.74, 6) is 1.72. The summed E-state index contributed by atoms with van der Waals surface area (Å²) in [6, 6.07) is 18.3. The molecule has 1 aliphatic rings. The minimum absolute atomic E-state index is 0.00523. The van der Waals surface area contributed by atoms with Crippen LogP contribution in [0, 0.1) is 5.92 Å². The van der Waals surface area contributed by atoms with Crippen molar-refractivity contribution in [2.45, 2.75) is 56.8 Å². The number of carbonyl (C=O) groups is 1. The van der Waals surface area contributed by atoms with Crippen LogP contribution in [0.4, 0.5) is 0 Å². The van der Waals surface area contributed by atoms with Crippen molar-refractivity contribution in [2.24, 2.45) is 5.92 Å². The first-order valence-corrected chi connectivity index (χ1v) is 13.7. The Morgan fingerprint density at radius 1 is 1.00 bits per heavy atom. The zero-order valence-corrected chi connectivity index (χ0v) is 20.7. The fourth-order valence-electron chi connectivity index (χ4n) is 4.66. The van der Waals surface area contributed by atoms with Gasteiger partial charge in [0.1, 0.15) is 5.78 Å². The Balaban J connectivity index is 1.36. The summed E-state index contributed by atoms with van der Waals surface area (Å²) in [5.41, 5.74) is 2.21. The number of hydrogen-bond donors (Lipinski definition) is 0. The molecule has 34 heavy (non-hydrogen) atoms. The van der Waals surface area contributed by atoms with E-state index in [1.165, 1.54) is 28.7 Å². The van der Waals surface area contributed by atoms with Gasteiger partial charge in [-0.3, -0.25) is 14.2 Å². The highest BCUT2D eigenvalue weighted by Crippen LogP contribution is 2.28. The molecule has 4 aromatic rings.